The van der Waals surface area contributed by atoms with E-state index in [1.165, 1.54) is 6.08 Å². The van der Waals surface area contributed by atoms with Crippen LogP contribution in [-0.4, -0.2) is 26.7 Å². The third kappa shape index (κ3) is 4.78. The molecule has 0 heterocycles. The van der Waals surface area contributed by atoms with Gasteiger partial charge in [-0.1, -0.05) is 0 Å². The van der Waals surface area contributed by atoms with Crippen molar-refractivity contribution in [2.24, 2.45) is 0 Å². The topological polar surface area (TPSA) is 56.8 Å². The summed E-state index contributed by atoms with van der Waals surface area (Å²) in [6.07, 6.45) is 3.16. The van der Waals surface area contributed by atoms with Gasteiger partial charge in [-0.05, 0) is 49.4 Å². The second-order valence-corrected chi connectivity index (χ2v) is 4.89. The third-order valence-electron chi connectivity index (χ3n) is 3.29. The molecule has 0 aromatic heterocycles. The van der Waals surface area contributed by atoms with Gasteiger partial charge in [0.15, 0.2) is 0 Å². The number of methoxy groups -OCH3 is 2. The van der Waals surface area contributed by atoms with Crippen LogP contribution in [0.3, 0.4) is 0 Å². The van der Waals surface area contributed by atoms with Crippen molar-refractivity contribution in [1.29, 1.82) is 0 Å². The lowest BCUT2D eigenvalue weighted by atomic mass is 10.1. The fourth-order valence-electron chi connectivity index (χ4n) is 2.11. The van der Waals surface area contributed by atoms with Gasteiger partial charge < -0.3 is 19.5 Å². The van der Waals surface area contributed by atoms with E-state index in [-0.39, 0.29) is 5.91 Å². The Morgan fingerprint density at radius 3 is 2.38 bits per heavy atom. The first-order chi connectivity index (χ1) is 11.7. The molecule has 0 fully saturated rings. The van der Waals surface area contributed by atoms with Crippen LogP contribution in [0.2, 0.25) is 0 Å². The van der Waals surface area contributed by atoms with E-state index in [0.717, 1.165) is 11.3 Å². The highest BCUT2D eigenvalue weighted by Crippen LogP contribution is 2.25. The zero-order valence-corrected chi connectivity index (χ0v) is 14.0. The minimum absolute atomic E-state index is 0.225. The Hall–Kier alpha value is -2.95. The molecule has 0 bridgehead atoms. The van der Waals surface area contributed by atoms with Gasteiger partial charge in [0.05, 0.1) is 20.8 Å². The number of amides is 1. The summed E-state index contributed by atoms with van der Waals surface area (Å²) in [6.45, 7) is 2.53. The van der Waals surface area contributed by atoms with E-state index in [2.05, 4.69) is 5.32 Å². The fraction of sp³-hybridized carbons (Fsp3) is 0.211. The smallest absolute Gasteiger partial charge is 0.248 e. The molecule has 0 aliphatic heterocycles. The summed E-state index contributed by atoms with van der Waals surface area (Å²) in [4.78, 5) is 12.0. The monoisotopic (exact) mass is 327 g/mol. The number of nitrogens with one attached hydrogen (secondary N) is 1. The van der Waals surface area contributed by atoms with Crippen molar-refractivity contribution in [3.63, 3.8) is 0 Å². The van der Waals surface area contributed by atoms with E-state index in [4.69, 9.17) is 14.2 Å². The molecule has 5 nitrogen and oxygen atoms in total. The van der Waals surface area contributed by atoms with Gasteiger partial charge in [0.1, 0.15) is 17.2 Å². The Kier molecular flexibility index (Phi) is 6.25. The zero-order valence-electron chi connectivity index (χ0n) is 14.0. The van der Waals surface area contributed by atoms with Crippen LogP contribution < -0.4 is 19.5 Å². The largest absolute Gasteiger partial charge is 0.497 e. The molecule has 1 N–H and O–H groups in total. The Morgan fingerprint density at radius 2 is 1.75 bits per heavy atom. The first-order valence-corrected chi connectivity index (χ1v) is 7.60. The number of carbonyl (C=O) groups excluding carboxylic acids is 1. The van der Waals surface area contributed by atoms with Crippen molar-refractivity contribution in [3.8, 4) is 17.2 Å². The summed E-state index contributed by atoms with van der Waals surface area (Å²) in [6, 6.07) is 12.6. The van der Waals surface area contributed by atoms with E-state index < -0.39 is 0 Å². The van der Waals surface area contributed by atoms with Gasteiger partial charge in [-0.3, -0.25) is 4.79 Å². The Bertz CT molecular complexity index is 708. The van der Waals surface area contributed by atoms with E-state index in [1.807, 2.05) is 31.2 Å². The molecule has 0 radical (unpaired) electrons. The maximum absolute atomic E-state index is 12.0. The average Bonchev–Trinajstić information content (AvgIpc) is 2.61. The number of anilines is 1. The van der Waals surface area contributed by atoms with Crippen LogP contribution in [0, 0.1) is 0 Å². The lowest BCUT2D eigenvalue weighted by Gasteiger charge is -2.07. The molecule has 126 valence electrons. The summed E-state index contributed by atoms with van der Waals surface area (Å²) in [7, 11) is 3.17. The van der Waals surface area contributed by atoms with Crippen molar-refractivity contribution in [3.05, 3.63) is 54.1 Å². The second kappa shape index (κ2) is 8.62. The zero-order chi connectivity index (χ0) is 17.4. The molecule has 0 atom stereocenters. The molecule has 0 saturated heterocycles. The predicted octanol–water partition coefficient (Wildman–Crippen LogP) is 3.75. The van der Waals surface area contributed by atoms with Crippen LogP contribution in [0.1, 0.15) is 12.5 Å². The molecule has 0 aliphatic carbocycles. The normalized spacial score (nSPS) is 10.5. The molecular formula is C19H21NO4. The van der Waals surface area contributed by atoms with Crippen molar-refractivity contribution in [2.45, 2.75) is 6.92 Å². The molecule has 24 heavy (non-hydrogen) atoms. The van der Waals surface area contributed by atoms with E-state index >= 15 is 0 Å². The molecule has 1 amide bonds. The maximum atomic E-state index is 12.0. The quantitative estimate of drug-likeness (QED) is 0.787. The molecule has 2 aromatic carbocycles. The Labute approximate surface area is 141 Å². The summed E-state index contributed by atoms with van der Waals surface area (Å²) >= 11 is 0. The van der Waals surface area contributed by atoms with Gasteiger partial charge >= 0.3 is 0 Å². The molecule has 0 aliphatic rings. The number of ether oxygens (including phenoxy) is 3. The minimum atomic E-state index is -0.225. The van der Waals surface area contributed by atoms with Gasteiger partial charge in [0.2, 0.25) is 5.91 Å². The third-order valence-corrected chi connectivity index (χ3v) is 3.29. The summed E-state index contributed by atoms with van der Waals surface area (Å²) in [5.74, 6) is 1.88. The van der Waals surface area contributed by atoms with Gasteiger partial charge in [0.25, 0.3) is 0 Å². The first kappa shape index (κ1) is 17.4. The van der Waals surface area contributed by atoms with E-state index in [1.54, 1.807) is 38.5 Å². The molecule has 2 rings (SSSR count). The predicted molar refractivity (Wildman–Crippen MR) is 94.8 cm³/mol. The summed E-state index contributed by atoms with van der Waals surface area (Å²) in [5, 5.41) is 2.79. The minimum Gasteiger partial charge on any atom is -0.497 e. The SMILES string of the molecule is CCOc1ccc(NC(=O)/C=C/c2ccc(OC)cc2OC)cc1. The molecule has 0 saturated carbocycles. The lowest BCUT2D eigenvalue weighted by molar-refractivity contribution is -0.111. The van der Waals surface area contributed by atoms with E-state index in [9.17, 15) is 4.79 Å². The van der Waals surface area contributed by atoms with Crippen LogP contribution in [0.4, 0.5) is 5.69 Å². The molecule has 0 spiro atoms. The van der Waals surface area contributed by atoms with Gasteiger partial charge in [-0.2, -0.15) is 0 Å². The summed E-state index contributed by atoms with van der Waals surface area (Å²) < 4.78 is 15.8. The standard InChI is InChI=1S/C19H21NO4/c1-4-24-16-10-7-15(8-11-16)20-19(21)12-6-14-5-9-17(22-2)13-18(14)23-3/h5-13H,4H2,1-3H3,(H,20,21)/b12-6+. The van der Waals surface area contributed by atoms with Crippen LogP contribution in [-0.2, 0) is 4.79 Å². The van der Waals surface area contributed by atoms with Crippen LogP contribution in [0.15, 0.2) is 48.5 Å². The summed E-state index contributed by atoms with van der Waals surface area (Å²) in [5.41, 5.74) is 1.50. The number of benzene rings is 2. The average molecular weight is 327 g/mol. The Balaban J connectivity index is 2.02. The fourth-order valence-corrected chi connectivity index (χ4v) is 2.11. The van der Waals surface area contributed by atoms with Gasteiger partial charge in [-0.15, -0.1) is 0 Å². The highest BCUT2D eigenvalue weighted by Gasteiger charge is 2.03. The van der Waals surface area contributed by atoms with Crippen molar-refractivity contribution >= 4 is 17.7 Å². The number of hydrogen-bond acceptors (Lipinski definition) is 4. The maximum Gasteiger partial charge on any atom is 0.248 e. The first-order valence-electron chi connectivity index (χ1n) is 7.60. The molecule has 2 aromatic rings. The number of carbonyl (C=O) groups is 1. The molecule has 0 unspecified atom stereocenters. The number of rotatable bonds is 7. The van der Waals surface area contributed by atoms with Crippen LogP contribution in [0.25, 0.3) is 6.08 Å². The molecular weight excluding hydrogens is 306 g/mol. The van der Waals surface area contributed by atoms with Crippen LogP contribution >= 0.6 is 0 Å². The highest BCUT2D eigenvalue weighted by molar-refractivity contribution is 6.02. The van der Waals surface area contributed by atoms with Gasteiger partial charge in [0, 0.05) is 23.4 Å². The highest BCUT2D eigenvalue weighted by atomic mass is 16.5. The second-order valence-electron chi connectivity index (χ2n) is 4.89. The van der Waals surface area contributed by atoms with E-state index in [0.29, 0.717) is 23.8 Å². The van der Waals surface area contributed by atoms with Crippen LogP contribution in [0.5, 0.6) is 17.2 Å². The lowest BCUT2D eigenvalue weighted by Crippen LogP contribution is -2.07. The number of hydrogen-bond donors (Lipinski definition) is 1. The van der Waals surface area contributed by atoms with Crippen molar-refractivity contribution in [2.75, 3.05) is 26.1 Å². The van der Waals surface area contributed by atoms with Crippen molar-refractivity contribution < 1.29 is 19.0 Å². The van der Waals surface area contributed by atoms with Gasteiger partial charge in [-0.25, -0.2) is 0 Å². The van der Waals surface area contributed by atoms with Crippen molar-refractivity contribution in [1.82, 2.24) is 0 Å². The molecule has 5 heteroatoms. The Morgan fingerprint density at radius 1 is 1.04 bits per heavy atom.